The lowest BCUT2D eigenvalue weighted by molar-refractivity contribution is -0.142. The molecule has 1 aliphatic rings. The lowest BCUT2D eigenvalue weighted by Crippen LogP contribution is -2.21. The van der Waals surface area contributed by atoms with Gasteiger partial charge in [-0.3, -0.25) is 14.9 Å². The van der Waals surface area contributed by atoms with Crippen molar-refractivity contribution < 1.29 is 14.7 Å². The summed E-state index contributed by atoms with van der Waals surface area (Å²) in [5.74, 6) is -1.29. The van der Waals surface area contributed by atoms with Crippen molar-refractivity contribution in [2.75, 3.05) is 5.32 Å². The minimum Gasteiger partial charge on any atom is -0.481 e. The van der Waals surface area contributed by atoms with Crippen LogP contribution in [0, 0.1) is 12.8 Å². The molecule has 0 bridgehead atoms. The zero-order valence-corrected chi connectivity index (χ0v) is 12.9. The van der Waals surface area contributed by atoms with Crippen LogP contribution in [0.2, 0.25) is 0 Å². The number of thiazole rings is 1. The summed E-state index contributed by atoms with van der Waals surface area (Å²) in [6.45, 7) is 1.94. The van der Waals surface area contributed by atoms with Gasteiger partial charge >= 0.3 is 5.97 Å². The van der Waals surface area contributed by atoms with Crippen LogP contribution >= 0.6 is 11.3 Å². The Kier molecular flexibility index (Phi) is 3.94. The number of nitrogens with one attached hydrogen (secondary N) is 1. The van der Waals surface area contributed by atoms with Gasteiger partial charge in [0.1, 0.15) is 0 Å². The molecule has 1 aliphatic carbocycles. The van der Waals surface area contributed by atoms with E-state index in [1.165, 1.54) is 11.3 Å². The van der Waals surface area contributed by atoms with Gasteiger partial charge in [0, 0.05) is 10.4 Å². The highest BCUT2D eigenvalue weighted by atomic mass is 32.1. The molecular weight excluding hydrogens is 300 g/mol. The summed E-state index contributed by atoms with van der Waals surface area (Å²) >= 11 is 1.38. The number of carboxylic acid groups (broad SMARTS) is 1. The molecule has 22 heavy (non-hydrogen) atoms. The average molecular weight is 316 g/mol. The molecule has 1 heterocycles. The van der Waals surface area contributed by atoms with Crippen LogP contribution in [0.1, 0.15) is 32.9 Å². The quantitative estimate of drug-likeness (QED) is 0.912. The fourth-order valence-corrected chi connectivity index (χ4v) is 3.68. The third kappa shape index (κ3) is 3.01. The first-order valence-corrected chi connectivity index (χ1v) is 7.94. The van der Waals surface area contributed by atoms with Crippen LogP contribution in [-0.4, -0.2) is 22.0 Å². The maximum absolute atomic E-state index is 12.2. The molecule has 2 aromatic rings. The number of rotatable bonds is 3. The van der Waals surface area contributed by atoms with Gasteiger partial charge in [-0.15, -0.1) is 11.3 Å². The van der Waals surface area contributed by atoms with Crippen LogP contribution < -0.4 is 5.32 Å². The number of hydrogen-bond acceptors (Lipinski definition) is 4. The van der Waals surface area contributed by atoms with E-state index in [4.69, 9.17) is 5.11 Å². The molecule has 3 rings (SSSR count). The summed E-state index contributed by atoms with van der Waals surface area (Å²) in [4.78, 5) is 28.7. The molecule has 1 aromatic carbocycles. The van der Waals surface area contributed by atoms with E-state index < -0.39 is 5.97 Å². The number of aryl methyl sites for hydroxylation is 2. The number of carbonyl (C=O) groups is 2. The second-order valence-electron chi connectivity index (χ2n) is 5.49. The number of benzene rings is 1. The van der Waals surface area contributed by atoms with Crippen molar-refractivity contribution in [3.63, 3.8) is 0 Å². The number of carboxylic acids is 1. The number of aromatic nitrogens is 1. The van der Waals surface area contributed by atoms with Crippen LogP contribution in [0.25, 0.3) is 0 Å². The normalized spacial score (nSPS) is 16.9. The second kappa shape index (κ2) is 5.88. The smallest absolute Gasteiger partial charge is 0.306 e. The Bertz CT molecular complexity index is 739. The molecule has 1 atom stereocenters. The number of carbonyl (C=O) groups excluding carboxylic acids is 1. The van der Waals surface area contributed by atoms with Crippen molar-refractivity contribution in [2.24, 2.45) is 5.92 Å². The first kappa shape index (κ1) is 14.7. The summed E-state index contributed by atoms with van der Waals surface area (Å²) in [5, 5.41) is 12.5. The molecule has 1 unspecified atom stereocenters. The molecule has 0 spiro atoms. The first-order chi connectivity index (χ1) is 10.5. The van der Waals surface area contributed by atoms with E-state index in [0.29, 0.717) is 30.0 Å². The van der Waals surface area contributed by atoms with Crippen molar-refractivity contribution >= 4 is 28.3 Å². The van der Waals surface area contributed by atoms with Gasteiger partial charge in [0.25, 0.3) is 5.91 Å². The fraction of sp³-hybridized carbons (Fsp3) is 0.312. The SMILES string of the molecule is Cc1cccc(C(=O)Nc2nc3c(s2)CC(C(=O)O)CC3)c1. The van der Waals surface area contributed by atoms with Gasteiger partial charge in [0.05, 0.1) is 11.6 Å². The highest BCUT2D eigenvalue weighted by molar-refractivity contribution is 7.15. The molecule has 114 valence electrons. The van der Waals surface area contributed by atoms with Gasteiger partial charge in [-0.2, -0.15) is 0 Å². The highest BCUT2D eigenvalue weighted by Crippen LogP contribution is 2.32. The molecular formula is C16H16N2O3S. The van der Waals surface area contributed by atoms with Crippen LogP contribution in [0.3, 0.4) is 0 Å². The third-order valence-electron chi connectivity index (χ3n) is 3.79. The van der Waals surface area contributed by atoms with Crippen LogP contribution in [0.5, 0.6) is 0 Å². The minimum atomic E-state index is -0.760. The Morgan fingerprint density at radius 1 is 1.41 bits per heavy atom. The summed E-state index contributed by atoms with van der Waals surface area (Å²) in [6.07, 6.45) is 1.77. The van der Waals surface area contributed by atoms with Gasteiger partial charge < -0.3 is 5.11 Å². The topological polar surface area (TPSA) is 79.3 Å². The molecule has 1 aromatic heterocycles. The first-order valence-electron chi connectivity index (χ1n) is 7.12. The van der Waals surface area contributed by atoms with E-state index in [1.807, 2.05) is 25.1 Å². The lowest BCUT2D eigenvalue weighted by Gasteiger charge is -2.16. The summed E-state index contributed by atoms with van der Waals surface area (Å²) < 4.78 is 0. The van der Waals surface area contributed by atoms with E-state index in [-0.39, 0.29) is 11.8 Å². The summed E-state index contributed by atoms with van der Waals surface area (Å²) in [7, 11) is 0. The third-order valence-corrected chi connectivity index (χ3v) is 4.83. The van der Waals surface area contributed by atoms with Crippen molar-refractivity contribution in [1.29, 1.82) is 0 Å². The maximum Gasteiger partial charge on any atom is 0.306 e. The number of aliphatic carboxylic acids is 1. The molecule has 0 aliphatic heterocycles. The number of fused-ring (bicyclic) bond motifs is 1. The van der Waals surface area contributed by atoms with Gasteiger partial charge in [0.15, 0.2) is 5.13 Å². The Hall–Kier alpha value is -2.21. The van der Waals surface area contributed by atoms with Crippen LogP contribution in [-0.2, 0) is 17.6 Å². The largest absolute Gasteiger partial charge is 0.481 e. The maximum atomic E-state index is 12.2. The molecule has 0 fully saturated rings. The molecule has 2 N–H and O–H groups in total. The summed E-state index contributed by atoms with van der Waals surface area (Å²) in [6, 6.07) is 7.36. The van der Waals surface area contributed by atoms with Crippen LogP contribution in [0.15, 0.2) is 24.3 Å². The van der Waals surface area contributed by atoms with E-state index >= 15 is 0 Å². The van der Waals surface area contributed by atoms with Gasteiger partial charge in [-0.05, 0) is 38.3 Å². The van der Waals surface area contributed by atoms with E-state index in [9.17, 15) is 9.59 Å². The van der Waals surface area contributed by atoms with Gasteiger partial charge in [-0.25, -0.2) is 4.98 Å². The van der Waals surface area contributed by atoms with Crippen molar-refractivity contribution in [1.82, 2.24) is 4.98 Å². The minimum absolute atomic E-state index is 0.190. The van der Waals surface area contributed by atoms with E-state index in [0.717, 1.165) is 16.1 Å². The van der Waals surface area contributed by atoms with Gasteiger partial charge in [0.2, 0.25) is 0 Å². The molecule has 0 saturated carbocycles. The molecule has 0 radical (unpaired) electrons. The zero-order chi connectivity index (χ0) is 15.7. The summed E-state index contributed by atoms with van der Waals surface area (Å²) in [5.41, 5.74) is 2.54. The number of hydrogen-bond donors (Lipinski definition) is 2. The predicted molar refractivity (Wildman–Crippen MR) is 84.4 cm³/mol. The van der Waals surface area contributed by atoms with Crippen LogP contribution in [0.4, 0.5) is 5.13 Å². The Morgan fingerprint density at radius 2 is 2.23 bits per heavy atom. The standard InChI is InChI=1S/C16H16N2O3S/c1-9-3-2-4-10(7-9)14(19)18-16-17-12-6-5-11(15(20)21)8-13(12)22-16/h2-4,7,11H,5-6,8H2,1H3,(H,20,21)(H,17,18,19). The highest BCUT2D eigenvalue weighted by Gasteiger charge is 2.27. The van der Waals surface area contributed by atoms with Crippen molar-refractivity contribution in [2.45, 2.75) is 26.2 Å². The predicted octanol–water partition coefficient (Wildman–Crippen LogP) is 2.89. The van der Waals surface area contributed by atoms with Gasteiger partial charge in [-0.1, -0.05) is 17.7 Å². The second-order valence-corrected chi connectivity index (χ2v) is 6.57. The number of nitrogens with zero attached hydrogens (tertiary/aromatic N) is 1. The molecule has 6 heteroatoms. The molecule has 5 nitrogen and oxygen atoms in total. The molecule has 0 saturated heterocycles. The number of anilines is 1. The van der Waals surface area contributed by atoms with Crippen molar-refractivity contribution in [3.05, 3.63) is 46.0 Å². The Balaban J connectivity index is 1.75. The van der Waals surface area contributed by atoms with E-state index in [1.54, 1.807) is 6.07 Å². The van der Waals surface area contributed by atoms with Crippen molar-refractivity contribution in [3.8, 4) is 0 Å². The zero-order valence-electron chi connectivity index (χ0n) is 12.1. The monoisotopic (exact) mass is 316 g/mol. The Morgan fingerprint density at radius 3 is 2.95 bits per heavy atom. The molecule has 1 amide bonds. The number of amides is 1. The fourth-order valence-electron chi connectivity index (χ4n) is 2.59. The lowest BCUT2D eigenvalue weighted by atomic mass is 9.91. The average Bonchev–Trinajstić information content (AvgIpc) is 2.88. The van der Waals surface area contributed by atoms with E-state index in [2.05, 4.69) is 10.3 Å². The Labute approximate surface area is 132 Å².